The lowest BCUT2D eigenvalue weighted by molar-refractivity contribution is 0.0697. The van der Waals surface area contributed by atoms with Crippen molar-refractivity contribution in [1.82, 2.24) is 0 Å². The summed E-state index contributed by atoms with van der Waals surface area (Å²) < 4.78 is 0. The van der Waals surface area contributed by atoms with Crippen LogP contribution in [0.2, 0.25) is 0 Å². The Labute approximate surface area is 77.4 Å². The Balaban J connectivity index is 2.85. The average Bonchev–Trinajstić information content (AvgIpc) is 2.03. The maximum absolute atomic E-state index is 10.6. The van der Waals surface area contributed by atoms with Gasteiger partial charge in [-0.2, -0.15) is 0 Å². The van der Waals surface area contributed by atoms with Gasteiger partial charge >= 0.3 is 5.97 Å². The minimum absolute atomic E-state index is 0.309. The van der Waals surface area contributed by atoms with E-state index in [4.69, 9.17) is 5.11 Å². The van der Waals surface area contributed by atoms with Gasteiger partial charge in [-0.15, -0.1) is 0 Å². The number of carboxylic acids is 1. The summed E-state index contributed by atoms with van der Waals surface area (Å²) in [5.74, 6) is -0.896. The van der Waals surface area contributed by atoms with Crippen molar-refractivity contribution in [2.24, 2.45) is 0 Å². The summed E-state index contributed by atoms with van der Waals surface area (Å²) in [6.45, 7) is 4.01. The van der Waals surface area contributed by atoms with Crippen molar-refractivity contribution in [1.29, 1.82) is 0 Å². The molecule has 0 aliphatic carbocycles. The van der Waals surface area contributed by atoms with Crippen LogP contribution in [0.15, 0.2) is 24.3 Å². The van der Waals surface area contributed by atoms with E-state index in [9.17, 15) is 4.79 Å². The van der Waals surface area contributed by atoms with Crippen LogP contribution < -0.4 is 5.32 Å². The minimum atomic E-state index is -0.896. The second-order valence-electron chi connectivity index (χ2n) is 3.18. The highest BCUT2D eigenvalue weighted by Crippen LogP contribution is 2.11. The van der Waals surface area contributed by atoms with Gasteiger partial charge in [-0.1, -0.05) is 6.07 Å². The number of carbonyl (C=O) groups is 1. The first-order valence-corrected chi connectivity index (χ1v) is 4.19. The van der Waals surface area contributed by atoms with E-state index in [1.54, 1.807) is 18.2 Å². The molecule has 0 amide bonds. The summed E-state index contributed by atoms with van der Waals surface area (Å²) >= 11 is 0. The van der Waals surface area contributed by atoms with Crippen LogP contribution in [0.1, 0.15) is 24.2 Å². The van der Waals surface area contributed by atoms with Crippen LogP contribution in [-0.2, 0) is 0 Å². The molecule has 1 rings (SSSR count). The molecule has 1 aromatic carbocycles. The lowest BCUT2D eigenvalue weighted by atomic mass is 10.2. The summed E-state index contributed by atoms with van der Waals surface area (Å²) in [6, 6.07) is 7.10. The summed E-state index contributed by atoms with van der Waals surface area (Å²) in [5.41, 5.74) is 1.15. The molecule has 0 radical (unpaired) electrons. The molecule has 0 bridgehead atoms. The molecule has 0 fully saturated rings. The van der Waals surface area contributed by atoms with Crippen molar-refractivity contribution in [3.8, 4) is 0 Å². The number of aromatic carboxylic acids is 1. The predicted octanol–water partition coefficient (Wildman–Crippen LogP) is 2.21. The number of anilines is 1. The smallest absolute Gasteiger partial charge is 0.335 e. The number of hydrogen-bond acceptors (Lipinski definition) is 2. The van der Waals surface area contributed by atoms with Crippen LogP contribution in [0, 0.1) is 0 Å². The van der Waals surface area contributed by atoms with Gasteiger partial charge in [0.15, 0.2) is 0 Å². The van der Waals surface area contributed by atoms with Crippen LogP contribution in [-0.4, -0.2) is 17.1 Å². The molecule has 3 heteroatoms. The molecular weight excluding hydrogens is 166 g/mol. The van der Waals surface area contributed by atoms with E-state index < -0.39 is 5.97 Å². The second-order valence-corrected chi connectivity index (χ2v) is 3.18. The van der Waals surface area contributed by atoms with Gasteiger partial charge in [-0.05, 0) is 32.0 Å². The monoisotopic (exact) mass is 179 g/mol. The van der Waals surface area contributed by atoms with Crippen molar-refractivity contribution < 1.29 is 9.90 Å². The van der Waals surface area contributed by atoms with Gasteiger partial charge < -0.3 is 10.4 Å². The Morgan fingerprint density at radius 1 is 1.46 bits per heavy atom. The molecule has 13 heavy (non-hydrogen) atoms. The highest BCUT2D eigenvalue weighted by Gasteiger charge is 2.02. The van der Waals surface area contributed by atoms with E-state index in [1.165, 1.54) is 0 Å². The van der Waals surface area contributed by atoms with Gasteiger partial charge in [0.25, 0.3) is 0 Å². The summed E-state index contributed by atoms with van der Waals surface area (Å²) in [6.07, 6.45) is 0. The fraction of sp³-hybridized carbons (Fsp3) is 0.300. The molecule has 0 atom stereocenters. The Bertz CT molecular complexity index is 308. The van der Waals surface area contributed by atoms with E-state index in [0.29, 0.717) is 11.6 Å². The van der Waals surface area contributed by atoms with Crippen LogP contribution >= 0.6 is 0 Å². The zero-order valence-corrected chi connectivity index (χ0v) is 7.74. The van der Waals surface area contributed by atoms with Gasteiger partial charge in [0.05, 0.1) is 5.56 Å². The quantitative estimate of drug-likeness (QED) is 0.747. The largest absolute Gasteiger partial charge is 0.478 e. The van der Waals surface area contributed by atoms with Crippen LogP contribution in [0.4, 0.5) is 5.69 Å². The third kappa shape index (κ3) is 2.78. The molecule has 0 unspecified atom stereocenters. The van der Waals surface area contributed by atoms with Crippen molar-refractivity contribution in [2.45, 2.75) is 19.9 Å². The zero-order chi connectivity index (χ0) is 9.84. The van der Waals surface area contributed by atoms with Crippen LogP contribution in [0.25, 0.3) is 0 Å². The number of nitrogens with one attached hydrogen (secondary N) is 1. The first kappa shape index (κ1) is 9.58. The van der Waals surface area contributed by atoms with Gasteiger partial charge in [0.1, 0.15) is 0 Å². The lowest BCUT2D eigenvalue weighted by Gasteiger charge is -2.09. The van der Waals surface area contributed by atoms with Gasteiger partial charge in [-0.25, -0.2) is 4.79 Å². The van der Waals surface area contributed by atoms with Crippen molar-refractivity contribution >= 4 is 11.7 Å². The second kappa shape index (κ2) is 3.94. The summed E-state index contributed by atoms with van der Waals surface area (Å²) in [5, 5.41) is 11.9. The summed E-state index contributed by atoms with van der Waals surface area (Å²) in [4.78, 5) is 10.6. The van der Waals surface area contributed by atoms with Crippen molar-refractivity contribution in [3.63, 3.8) is 0 Å². The Morgan fingerprint density at radius 2 is 2.15 bits per heavy atom. The molecule has 70 valence electrons. The Morgan fingerprint density at radius 3 is 2.69 bits per heavy atom. The third-order valence-corrected chi connectivity index (χ3v) is 1.56. The fourth-order valence-electron chi connectivity index (χ4n) is 1.08. The third-order valence-electron chi connectivity index (χ3n) is 1.56. The molecule has 0 aliphatic heterocycles. The maximum atomic E-state index is 10.6. The molecule has 0 aliphatic rings. The number of rotatable bonds is 3. The maximum Gasteiger partial charge on any atom is 0.335 e. The van der Waals surface area contributed by atoms with E-state index in [2.05, 4.69) is 5.32 Å². The van der Waals surface area contributed by atoms with Gasteiger partial charge in [0.2, 0.25) is 0 Å². The molecule has 2 N–H and O–H groups in total. The molecule has 0 saturated heterocycles. The molecule has 0 heterocycles. The first-order chi connectivity index (χ1) is 6.09. The van der Waals surface area contributed by atoms with E-state index in [0.717, 1.165) is 5.69 Å². The molecule has 3 nitrogen and oxygen atoms in total. The normalized spacial score (nSPS) is 10.1. The highest BCUT2D eigenvalue weighted by atomic mass is 16.4. The number of benzene rings is 1. The van der Waals surface area contributed by atoms with E-state index in [1.807, 2.05) is 19.9 Å². The first-order valence-electron chi connectivity index (χ1n) is 4.19. The lowest BCUT2D eigenvalue weighted by Crippen LogP contribution is -2.10. The van der Waals surface area contributed by atoms with Crippen molar-refractivity contribution in [2.75, 3.05) is 5.32 Å². The highest BCUT2D eigenvalue weighted by molar-refractivity contribution is 5.88. The minimum Gasteiger partial charge on any atom is -0.478 e. The van der Waals surface area contributed by atoms with E-state index >= 15 is 0 Å². The SMILES string of the molecule is CC(C)Nc1cccc(C(=O)O)c1. The fourth-order valence-corrected chi connectivity index (χ4v) is 1.08. The summed E-state index contributed by atoms with van der Waals surface area (Å²) in [7, 11) is 0. The molecule has 0 spiro atoms. The van der Waals surface area contributed by atoms with Crippen molar-refractivity contribution in [3.05, 3.63) is 29.8 Å². The number of hydrogen-bond donors (Lipinski definition) is 2. The average molecular weight is 179 g/mol. The van der Waals surface area contributed by atoms with Crippen LogP contribution in [0.3, 0.4) is 0 Å². The standard InChI is InChI=1S/C10H13NO2/c1-7(2)11-9-5-3-4-8(6-9)10(12)13/h3-7,11H,1-2H3,(H,12,13). The van der Waals surface area contributed by atoms with Gasteiger partial charge in [0, 0.05) is 11.7 Å². The Hall–Kier alpha value is -1.51. The van der Waals surface area contributed by atoms with Crippen LogP contribution in [0.5, 0.6) is 0 Å². The Kier molecular flexibility index (Phi) is 2.90. The molecule has 0 saturated carbocycles. The molecular formula is C10H13NO2. The van der Waals surface area contributed by atoms with E-state index in [-0.39, 0.29) is 0 Å². The molecule has 0 aromatic heterocycles. The topological polar surface area (TPSA) is 49.3 Å². The molecule has 1 aromatic rings. The predicted molar refractivity (Wildman–Crippen MR) is 52.2 cm³/mol. The van der Waals surface area contributed by atoms with Gasteiger partial charge in [-0.3, -0.25) is 0 Å². The zero-order valence-electron chi connectivity index (χ0n) is 7.74. The number of carboxylic acid groups (broad SMARTS) is 1.